The molecule has 1 atom stereocenters. The Morgan fingerprint density at radius 2 is 2.27 bits per heavy atom. The topological polar surface area (TPSA) is 117 Å². The van der Waals surface area contributed by atoms with Crippen molar-refractivity contribution in [1.82, 2.24) is 19.9 Å². The van der Waals surface area contributed by atoms with Gasteiger partial charge in [0.2, 0.25) is 0 Å². The van der Waals surface area contributed by atoms with Crippen molar-refractivity contribution in [2.45, 2.75) is 12.8 Å². The number of fused-ring (bicyclic) bond motifs is 1. The molecular formula is C16H15FN8S. The summed E-state index contributed by atoms with van der Waals surface area (Å²) in [4.78, 5) is 18.5. The molecule has 1 saturated heterocycles. The highest BCUT2D eigenvalue weighted by Crippen LogP contribution is 2.36. The van der Waals surface area contributed by atoms with E-state index in [4.69, 9.17) is 5.73 Å². The number of rotatable bonds is 3. The van der Waals surface area contributed by atoms with E-state index in [1.807, 2.05) is 4.90 Å². The average molecular weight is 370 g/mol. The van der Waals surface area contributed by atoms with Crippen LogP contribution in [0.5, 0.6) is 0 Å². The Kier molecular flexibility index (Phi) is 4.22. The number of nitrogens with zero attached hydrogens (tertiary/aromatic N) is 6. The molecule has 3 aromatic rings. The molecule has 3 N–H and O–H groups in total. The Morgan fingerprint density at radius 3 is 3.08 bits per heavy atom. The molecule has 1 fully saturated rings. The predicted octanol–water partition coefficient (Wildman–Crippen LogP) is 2.69. The number of anilines is 4. The zero-order valence-electron chi connectivity index (χ0n) is 13.7. The van der Waals surface area contributed by atoms with Crippen molar-refractivity contribution < 1.29 is 4.39 Å². The molecule has 26 heavy (non-hydrogen) atoms. The van der Waals surface area contributed by atoms with Crippen LogP contribution >= 0.6 is 11.3 Å². The first kappa shape index (κ1) is 16.4. The summed E-state index contributed by atoms with van der Waals surface area (Å²) in [6.45, 7) is 1.41. The number of nitrogen functional groups attached to an aromatic ring is 1. The molecule has 1 aliphatic rings. The van der Waals surface area contributed by atoms with Crippen molar-refractivity contribution in [1.29, 1.82) is 5.26 Å². The number of halogens is 1. The molecule has 4 heterocycles. The number of hydrogen-bond acceptors (Lipinski definition) is 9. The van der Waals surface area contributed by atoms with Crippen LogP contribution in [0.15, 0.2) is 18.6 Å². The van der Waals surface area contributed by atoms with Crippen molar-refractivity contribution in [3.05, 3.63) is 24.4 Å². The Bertz CT molecular complexity index is 998. The predicted molar refractivity (Wildman–Crippen MR) is 97.7 cm³/mol. The van der Waals surface area contributed by atoms with Gasteiger partial charge in [-0.15, -0.1) is 0 Å². The van der Waals surface area contributed by atoms with Crippen molar-refractivity contribution in [2.24, 2.45) is 5.92 Å². The lowest BCUT2D eigenvalue weighted by molar-refractivity contribution is 0.493. The van der Waals surface area contributed by atoms with E-state index in [9.17, 15) is 9.65 Å². The highest BCUT2D eigenvalue weighted by Gasteiger charge is 2.24. The summed E-state index contributed by atoms with van der Waals surface area (Å²) < 4.78 is 14.8. The van der Waals surface area contributed by atoms with Crippen molar-refractivity contribution in [2.75, 3.05) is 29.0 Å². The van der Waals surface area contributed by atoms with Gasteiger partial charge in [0.25, 0.3) is 0 Å². The van der Waals surface area contributed by atoms with E-state index >= 15 is 0 Å². The van der Waals surface area contributed by atoms with Crippen molar-refractivity contribution in [3.8, 4) is 6.07 Å². The molecule has 132 valence electrons. The Labute approximate surface area is 152 Å². The maximum atomic E-state index is 14.2. The smallest absolute Gasteiger partial charge is 0.186 e. The molecule has 0 bridgehead atoms. The summed E-state index contributed by atoms with van der Waals surface area (Å²) in [5.41, 5.74) is 5.92. The first-order chi connectivity index (χ1) is 12.6. The van der Waals surface area contributed by atoms with E-state index in [1.165, 1.54) is 17.7 Å². The van der Waals surface area contributed by atoms with Crippen LogP contribution in [0, 0.1) is 23.1 Å². The summed E-state index contributed by atoms with van der Waals surface area (Å²) in [5.74, 6) is 0.735. The van der Waals surface area contributed by atoms with Crippen molar-refractivity contribution >= 4 is 44.1 Å². The van der Waals surface area contributed by atoms with Gasteiger partial charge in [-0.3, -0.25) is 0 Å². The lowest BCUT2D eigenvalue weighted by atomic mass is 10.0. The molecule has 0 aliphatic carbocycles. The SMILES string of the molecule is N#C[C@H]1CCCN(c2nc3c(F)cnc(Nc4cc(N)ncn4)c3s2)C1. The van der Waals surface area contributed by atoms with Gasteiger partial charge >= 0.3 is 0 Å². The lowest BCUT2D eigenvalue weighted by Gasteiger charge is -2.28. The third kappa shape index (κ3) is 3.09. The highest BCUT2D eigenvalue weighted by molar-refractivity contribution is 7.22. The lowest BCUT2D eigenvalue weighted by Crippen LogP contribution is -2.34. The standard InChI is InChI=1S/C16H15FN8S/c17-10-6-20-15(23-12-4-11(19)21-8-22-12)14-13(10)24-16(26-14)25-3-1-2-9(5-18)7-25/h4,6,8-9H,1-3,7H2,(H3,19,20,21,22,23)/t9-/m1/s1. The second-order valence-electron chi connectivity index (χ2n) is 6.00. The van der Waals surface area contributed by atoms with Gasteiger partial charge in [-0.1, -0.05) is 11.3 Å². The minimum atomic E-state index is -0.482. The molecule has 0 amide bonds. The first-order valence-electron chi connectivity index (χ1n) is 8.08. The third-order valence-electron chi connectivity index (χ3n) is 4.17. The van der Waals surface area contributed by atoms with Gasteiger partial charge in [0.05, 0.1) is 18.2 Å². The largest absolute Gasteiger partial charge is 0.384 e. The summed E-state index contributed by atoms with van der Waals surface area (Å²) in [7, 11) is 0. The summed E-state index contributed by atoms with van der Waals surface area (Å²) in [6.07, 6.45) is 4.27. The van der Waals surface area contributed by atoms with Crippen LogP contribution in [-0.2, 0) is 0 Å². The monoisotopic (exact) mass is 370 g/mol. The number of nitrogens with two attached hydrogens (primary N) is 1. The molecule has 4 rings (SSSR count). The zero-order chi connectivity index (χ0) is 18.1. The quantitative estimate of drug-likeness (QED) is 0.723. The van der Waals surface area contributed by atoms with Gasteiger partial charge < -0.3 is 16.0 Å². The highest BCUT2D eigenvalue weighted by atomic mass is 32.1. The molecule has 3 aromatic heterocycles. The second kappa shape index (κ2) is 6.68. The van der Waals surface area contributed by atoms with E-state index < -0.39 is 5.82 Å². The number of pyridine rings is 1. The molecule has 8 nitrogen and oxygen atoms in total. The van der Waals surface area contributed by atoms with E-state index in [-0.39, 0.29) is 11.4 Å². The number of nitriles is 1. The van der Waals surface area contributed by atoms with Crippen LogP contribution in [0.25, 0.3) is 10.2 Å². The Balaban J connectivity index is 1.70. The van der Waals surface area contributed by atoms with Gasteiger partial charge in [-0.2, -0.15) is 5.26 Å². The maximum Gasteiger partial charge on any atom is 0.186 e. The third-order valence-corrected chi connectivity index (χ3v) is 5.30. The van der Waals surface area contributed by atoms with E-state index in [2.05, 4.69) is 31.3 Å². The Hall–Kier alpha value is -3.06. The summed E-state index contributed by atoms with van der Waals surface area (Å²) in [6, 6.07) is 3.88. The zero-order valence-corrected chi connectivity index (χ0v) is 14.5. The van der Waals surface area contributed by atoms with Gasteiger partial charge in [0.15, 0.2) is 16.8 Å². The molecule has 1 aliphatic heterocycles. The molecule has 0 radical (unpaired) electrons. The fraction of sp³-hybridized carbons (Fsp3) is 0.312. The second-order valence-corrected chi connectivity index (χ2v) is 6.97. The fourth-order valence-electron chi connectivity index (χ4n) is 2.91. The summed E-state index contributed by atoms with van der Waals surface area (Å²) in [5, 5.41) is 12.9. The normalized spacial score (nSPS) is 17.2. The van der Waals surface area contributed by atoms with E-state index in [1.54, 1.807) is 6.07 Å². The van der Waals surface area contributed by atoms with Gasteiger partial charge in [-0.05, 0) is 12.8 Å². The van der Waals surface area contributed by atoms with Crippen molar-refractivity contribution in [3.63, 3.8) is 0 Å². The minimum Gasteiger partial charge on any atom is -0.384 e. The average Bonchev–Trinajstić information content (AvgIpc) is 3.11. The number of nitrogens with one attached hydrogen (secondary N) is 1. The minimum absolute atomic E-state index is 0.0275. The molecule has 0 spiro atoms. The van der Waals surface area contributed by atoms with Crippen LogP contribution in [0.1, 0.15) is 12.8 Å². The number of piperidine rings is 1. The van der Waals surface area contributed by atoms with Crippen LogP contribution < -0.4 is 16.0 Å². The van der Waals surface area contributed by atoms with Gasteiger partial charge in [0, 0.05) is 19.2 Å². The molecule has 0 saturated carbocycles. The number of thiazole rings is 1. The fourth-order valence-corrected chi connectivity index (χ4v) is 3.97. The molecule has 0 aromatic carbocycles. The van der Waals surface area contributed by atoms with Crippen LogP contribution in [0.2, 0.25) is 0 Å². The van der Waals surface area contributed by atoms with Gasteiger partial charge in [-0.25, -0.2) is 24.3 Å². The molecular weight excluding hydrogens is 355 g/mol. The van der Waals surface area contributed by atoms with Gasteiger partial charge in [0.1, 0.15) is 28.2 Å². The number of hydrogen-bond donors (Lipinski definition) is 2. The van der Waals surface area contributed by atoms with E-state index in [0.29, 0.717) is 33.8 Å². The van der Waals surface area contributed by atoms with Crippen LogP contribution in [-0.4, -0.2) is 33.0 Å². The van der Waals surface area contributed by atoms with Crippen LogP contribution in [0.4, 0.5) is 27.0 Å². The number of aromatic nitrogens is 4. The Morgan fingerprint density at radius 1 is 1.38 bits per heavy atom. The molecule has 10 heteroatoms. The van der Waals surface area contributed by atoms with E-state index in [0.717, 1.165) is 25.6 Å². The first-order valence-corrected chi connectivity index (χ1v) is 8.90. The molecule has 0 unspecified atom stereocenters. The summed E-state index contributed by atoms with van der Waals surface area (Å²) >= 11 is 1.35. The maximum absolute atomic E-state index is 14.2. The van der Waals surface area contributed by atoms with Crippen LogP contribution in [0.3, 0.4) is 0 Å².